The lowest BCUT2D eigenvalue weighted by Gasteiger charge is -2.13. The molecule has 4 nitrogen and oxygen atoms in total. The highest BCUT2D eigenvalue weighted by atomic mass is 32.1. The predicted molar refractivity (Wildman–Crippen MR) is 150 cm³/mol. The number of carbonyl (C=O) groups is 1. The summed E-state index contributed by atoms with van der Waals surface area (Å²) >= 11 is 5.31. The molecule has 0 fully saturated rings. The Morgan fingerprint density at radius 3 is 1.82 bits per heavy atom. The molecule has 0 radical (unpaired) electrons. The molecule has 1 aromatic rings. The van der Waals surface area contributed by atoms with Gasteiger partial charge in [0.2, 0.25) is 0 Å². The zero-order valence-corrected chi connectivity index (χ0v) is 22.8. The summed E-state index contributed by atoms with van der Waals surface area (Å²) in [5.74, 6) is 0.399. The highest BCUT2D eigenvalue weighted by Crippen LogP contribution is 2.18. The minimum atomic E-state index is -0.218. The number of ether oxygens (including phenoxy) is 1. The number of hydrogen-bond acceptors (Lipinski definition) is 3. The van der Waals surface area contributed by atoms with Crippen molar-refractivity contribution in [2.45, 2.75) is 123 Å². The number of amides is 1. The SMILES string of the molecule is CCCCCCCCCCCCCCCCNC(=S)NC(=O)c1ccccc1OCCCCC. The molecule has 0 spiro atoms. The Hall–Kier alpha value is -1.62. The minimum absolute atomic E-state index is 0.218. The molecule has 0 unspecified atom stereocenters. The lowest BCUT2D eigenvalue weighted by molar-refractivity contribution is 0.0972. The Balaban J connectivity index is 2.03. The van der Waals surface area contributed by atoms with Crippen LogP contribution in [-0.4, -0.2) is 24.2 Å². The van der Waals surface area contributed by atoms with Crippen LogP contribution in [0.5, 0.6) is 5.75 Å². The topological polar surface area (TPSA) is 50.4 Å². The maximum Gasteiger partial charge on any atom is 0.261 e. The van der Waals surface area contributed by atoms with E-state index in [1.54, 1.807) is 6.07 Å². The summed E-state index contributed by atoms with van der Waals surface area (Å²) in [5, 5.41) is 6.34. The van der Waals surface area contributed by atoms with E-state index in [0.29, 0.717) is 23.0 Å². The second-order valence-electron chi connectivity index (χ2n) is 9.36. The maximum atomic E-state index is 12.6. The van der Waals surface area contributed by atoms with Crippen LogP contribution < -0.4 is 15.4 Å². The van der Waals surface area contributed by atoms with E-state index in [1.807, 2.05) is 18.2 Å². The number of carbonyl (C=O) groups excluding carboxylic acids is 1. The molecule has 1 rings (SSSR count). The third-order valence-corrected chi connectivity index (χ3v) is 6.43. The molecule has 0 bridgehead atoms. The predicted octanol–water partition coefficient (Wildman–Crippen LogP) is 8.34. The van der Waals surface area contributed by atoms with Gasteiger partial charge in [0.15, 0.2) is 5.11 Å². The largest absolute Gasteiger partial charge is 0.493 e. The highest BCUT2D eigenvalue weighted by molar-refractivity contribution is 7.80. The third-order valence-electron chi connectivity index (χ3n) is 6.18. The zero-order chi connectivity index (χ0) is 24.7. The molecule has 0 aliphatic rings. The van der Waals surface area contributed by atoms with Crippen molar-refractivity contribution in [3.8, 4) is 5.75 Å². The second-order valence-corrected chi connectivity index (χ2v) is 9.77. The zero-order valence-electron chi connectivity index (χ0n) is 22.0. The average Bonchev–Trinajstić information content (AvgIpc) is 2.84. The van der Waals surface area contributed by atoms with E-state index in [1.165, 1.54) is 83.5 Å². The first kappa shape index (κ1) is 30.4. The van der Waals surface area contributed by atoms with Crippen molar-refractivity contribution < 1.29 is 9.53 Å². The van der Waals surface area contributed by atoms with Gasteiger partial charge in [0.25, 0.3) is 5.91 Å². The summed E-state index contributed by atoms with van der Waals surface area (Å²) in [5.41, 5.74) is 0.527. The number of nitrogens with one attached hydrogen (secondary N) is 2. The average molecular weight is 491 g/mol. The molecular formula is C29H50N2O2S. The van der Waals surface area contributed by atoms with Gasteiger partial charge >= 0.3 is 0 Å². The number of para-hydroxylation sites is 1. The van der Waals surface area contributed by atoms with Crippen LogP contribution >= 0.6 is 12.2 Å². The molecule has 5 heteroatoms. The fraction of sp³-hybridized carbons (Fsp3) is 0.724. The first-order valence-electron chi connectivity index (χ1n) is 14.0. The Kier molecular flexibility index (Phi) is 19.6. The molecule has 0 aliphatic carbocycles. The summed E-state index contributed by atoms with van der Waals surface area (Å²) < 4.78 is 5.81. The molecule has 0 saturated carbocycles. The van der Waals surface area contributed by atoms with Crippen molar-refractivity contribution in [3.63, 3.8) is 0 Å². The van der Waals surface area contributed by atoms with E-state index in [-0.39, 0.29) is 5.91 Å². The highest BCUT2D eigenvalue weighted by Gasteiger charge is 2.13. The summed E-state index contributed by atoms with van der Waals surface area (Å²) in [7, 11) is 0. The van der Waals surface area contributed by atoms with Gasteiger partial charge < -0.3 is 10.1 Å². The van der Waals surface area contributed by atoms with Gasteiger partial charge in [0.05, 0.1) is 12.2 Å². The number of thiocarbonyl (C=S) groups is 1. The van der Waals surface area contributed by atoms with Crippen LogP contribution in [0.3, 0.4) is 0 Å². The molecule has 0 aromatic heterocycles. The molecule has 1 aromatic carbocycles. The quantitative estimate of drug-likeness (QED) is 0.134. The molecule has 0 atom stereocenters. The Labute approximate surface area is 215 Å². The first-order chi connectivity index (χ1) is 16.7. The number of hydrogen-bond donors (Lipinski definition) is 2. The summed E-state index contributed by atoms with van der Waals surface area (Å²) in [6.45, 7) is 5.86. The molecule has 0 aliphatic heterocycles. The van der Waals surface area contributed by atoms with E-state index in [4.69, 9.17) is 17.0 Å². The van der Waals surface area contributed by atoms with Gasteiger partial charge in [-0.3, -0.25) is 10.1 Å². The third kappa shape index (κ3) is 16.1. The van der Waals surface area contributed by atoms with Gasteiger partial charge in [-0.1, -0.05) is 122 Å². The van der Waals surface area contributed by atoms with Crippen LogP contribution in [0.25, 0.3) is 0 Å². The van der Waals surface area contributed by atoms with Gasteiger partial charge in [0, 0.05) is 6.54 Å². The molecule has 1 amide bonds. The van der Waals surface area contributed by atoms with Gasteiger partial charge in [-0.15, -0.1) is 0 Å². The molecule has 0 heterocycles. The van der Waals surface area contributed by atoms with Crippen LogP contribution in [0.15, 0.2) is 24.3 Å². The fourth-order valence-electron chi connectivity index (χ4n) is 4.05. The van der Waals surface area contributed by atoms with Crippen molar-refractivity contribution >= 4 is 23.2 Å². The molecule has 34 heavy (non-hydrogen) atoms. The van der Waals surface area contributed by atoms with Gasteiger partial charge in [-0.05, 0) is 37.2 Å². The van der Waals surface area contributed by atoms with E-state index >= 15 is 0 Å². The summed E-state index contributed by atoms with van der Waals surface area (Å²) in [4.78, 5) is 12.6. The summed E-state index contributed by atoms with van der Waals surface area (Å²) in [6.07, 6.45) is 22.1. The summed E-state index contributed by atoms with van der Waals surface area (Å²) in [6, 6.07) is 7.35. The Bertz CT molecular complexity index is 651. The molecule has 194 valence electrons. The van der Waals surface area contributed by atoms with E-state index in [0.717, 1.165) is 32.2 Å². The van der Waals surface area contributed by atoms with Gasteiger partial charge in [-0.25, -0.2) is 0 Å². The van der Waals surface area contributed by atoms with Crippen LogP contribution in [0.4, 0.5) is 0 Å². The second kappa shape index (κ2) is 21.9. The van der Waals surface area contributed by atoms with Crippen LogP contribution in [0.1, 0.15) is 133 Å². The lowest BCUT2D eigenvalue weighted by atomic mass is 10.0. The lowest BCUT2D eigenvalue weighted by Crippen LogP contribution is -2.39. The smallest absolute Gasteiger partial charge is 0.261 e. The van der Waals surface area contributed by atoms with Crippen molar-refractivity contribution in [2.75, 3.05) is 13.2 Å². The van der Waals surface area contributed by atoms with Crippen molar-refractivity contribution in [3.05, 3.63) is 29.8 Å². The van der Waals surface area contributed by atoms with Crippen LogP contribution in [-0.2, 0) is 0 Å². The van der Waals surface area contributed by atoms with E-state index in [9.17, 15) is 4.79 Å². The number of benzene rings is 1. The van der Waals surface area contributed by atoms with Gasteiger partial charge in [0.1, 0.15) is 5.75 Å². The van der Waals surface area contributed by atoms with Crippen LogP contribution in [0.2, 0.25) is 0 Å². The van der Waals surface area contributed by atoms with Crippen molar-refractivity contribution in [1.29, 1.82) is 0 Å². The monoisotopic (exact) mass is 490 g/mol. The van der Waals surface area contributed by atoms with Crippen LogP contribution in [0, 0.1) is 0 Å². The number of rotatable bonds is 21. The molecule has 0 saturated heterocycles. The van der Waals surface area contributed by atoms with Crippen molar-refractivity contribution in [2.24, 2.45) is 0 Å². The molecular weight excluding hydrogens is 440 g/mol. The number of unbranched alkanes of at least 4 members (excludes halogenated alkanes) is 15. The Morgan fingerprint density at radius 2 is 1.24 bits per heavy atom. The first-order valence-corrected chi connectivity index (χ1v) is 14.4. The van der Waals surface area contributed by atoms with E-state index in [2.05, 4.69) is 24.5 Å². The minimum Gasteiger partial charge on any atom is -0.493 e. The standard InChI is InChI=1S/C29H50N2O2S/c1-3-5-7-8-9-10-11-12-13-14-15-16-17-20-24-30-29(34)31-28(32)26-22-18-19-23-27(26)33-25-21-6-4-2/h18-19,22-23H,3-17,20-21,24-25H2,1-2H3,(H2,30,31,32,34). The normalized spacial score (nSPS) is 10.8. The maximum absolute atomic E-state index is 12.6. The van der Waals surface area contributed by atoms with Crippen molar-refractivity contribution in [1.82, 2.24) is 10.6 Å². The van der Waals surface area contributed by atoms with E-state index < -0.39 is 0 Å². The van der Waals surface area contributed by atoms with Gasteiger partial charge in [-0.2, -0.15) is 0 Å². The fourth-order valence-corrected chi connectivity index (χ4v) is 4.25. The molecule has 2 N–H and O–H groups in total. The Morgan fingerprint density at radius 1 is 0.735 bits per heavy atom.